The molecule has 0 amide bonds. The van der Waals surface area contributed by atoms with E-state index in [-0.39, 0.29) is 5.92 Å². The van der Waals surface area contributed by atoms with Crippen molar-refractivity contribution in [1.29, 1.82) is 5.26 Å². The van der Waals surface area contributed by atoms with Crippen molar-refractivity contribution >= 4 is 0 Å². The molecule has 2 aliphatic rings. The van der Waals surface area contributed by atoms with Crippen LogP contribution in [0, 0.1) is 29.1 Å². The van der Waals surface area contributed by atoms with Gasteiger partial charge in [-0.25, -0.2) is 0 Å². The van der Waals surface area contributed by atoms with Gasteiger partial charge in [-0.3, -0.25) is 0 Å². The molecule has 2 unspecified atom stereocenters. The molecule has 0 aromatic rings. The minimum Gasteiger partial charge on any atom is -0.312 e. The third-order valence-electron chi connectivity index (χ3n) is 4.74. The molecule has 0 heterocycles. The minimum atomic E-state index is 0.270. The Labute approximate surface area is 106 Å². The van der Waals surface area contributed by atoms with Crippen LogP contribution >= 0.6 is 0 Å². The van der Waals surface area contributed by atoms with E-state index in [4.69, 9.17) is 5.26 Å². The predicted molar refractivity (Wildman–Crippen MR) is 70.5 cm³/mol. The van der Waals surface area contributed by atoms with Crippen molar-refractivity contribution in [2.75, 3.05) is 6.54 Å². The summed E-state index contributed by atoms with van der Waals surface area (Å²) in [6.45, 7) is 3.52. The third kappa shape index (κ3) is 3.71. The number of hydrogen-bond acceptors (Lipinski definition) is 2. The predicted octanol–water partition coefficient (Wildman–Crippen LogP) is 3.48. The van der Waals surface area contributed by atoms with Crippen molar-refractivity contribution in [3.63, 3.8) is 0 Å². The molecule has 2 aliphatic carbocycles. The minimum absolute atomic E-state index is 0.270. The fraction of sp³-hybridized carbons (Fsp3) is 0.933. The van der Waals surface area contributed by atoms with Crippen LogP contribution in [0.3, 0.4) is 0 Å². The first-order chi connectivity index (χ1) is 8.29. The Bertz CT molecular complexity index is 261. The van der Waals surface area contributed by atoms with Crippen LogP contribution in [0.4, 0.5) is 0 Å². The number of nitriles is 1. The molecule has 0 bridgehead atoms. The second kappa shape index (κ2) is 6.40. The van der Waals surface area contributed by atoms with E-state index in [0.29, 0.717) is 6.04 Å². The summed E-state index contributed by atoms with van der Waals surface area (Å²) in [6.07, 6.45) is 10.4. The van der Waals surface area contributed by atoms with Crippen LogP contribution in [-0.2, 0) is 0 Å². The maximum absolute atomic E-state index is 9.14. The molecular formula is C15H26N2. The Morgan fingerprint density at radius 1 is 1.06 bits per heavy atom. The monoisotopic (exact) mass is 234 g/mol. The zero-order valence-corrected chi connectivity index (χ0v) is 11.1. The smallest absolute Gasteiger partial charge is 0.0672 e. The first-order valence-corrected chi connectivity index (χ1v) is 7.42. The zero-order chi connectivity index (χ0) is 12.1. The lowest BCUT2D eigenvalue weighted by Gasteiger charge is -2.31. The number of hydrogen-bond donors (Lipinski definition) is 1. The molecule has 96 valence electrons. The van der Waals surface area contributed by atoms with Crippen LogP contribution < -0.4 is 5.32 Å². The molecule has 2 saturated carbocycles. The molecule has 0 spiro atoms. The van der Waals surface area contributed by atoms with Crippen LogP contribution in [0.1, 0.15) is 58.3 Å². The number of nitrogens with zero attached hydrogens (tertiary/aromatic N) is 1. The summed E-state index contributed by atoms with van der Waals surface area (Å²) in [4.78, 5) is 0. The van der Waals surface area contributed by atoms with Gasteiger partial charge in [-0.05, 0) is 44.1 Å². The summed E-state index contributed by atoms with van der Waals surface area (Å²) in [5.41, 5.74) is 0. The van der Waals surface area contributed by atoms with Gasteiger partial charge in [-0.15, -0.1) is 0 Å². The van der Waals surface area contributed by atoms with E-state index in [2.05, 4.69) is 18.3 Å². The van der Waals surface area contributed by atoms with Crippen molar-refractivity contribution in [1.82, 2.24) is 5.32 Å². The molecule has 0 aromatic heterocycles. The van der Waals surface area contributed by atoms with Gasteiger partial charge in [-0.1, -0.05) is 32.6 Å². The van der Waals surface area contributed by atoms with Gasteiger partial charge in [0.1, 0.15) is 0 Å². The first-order valence-electron chi connectivity index (χ1n) is 7.42. The fourth-order valence-electron chi connectivity index (χ4n) is 3.38. The van der Waals surface area contributed by atoms with Gasteiger partial charge >= 0.3 is 0 Å². The quantitative estimate of drug-likeness (QED) is 0.811. The van der Waals surface area contributed by atoms with Gasteiger partial charge in [0.25, 0.3) is 0 Å². The lowest BCUT2D eigenvalue weighted by Crippen LogP contribution is -2.40. The zero-order valence-electron chi connectivity index (χ0n) is 11.1. The van der Waals surface area contributed by atoms with E-state index in [9.17, 15) is 0 Å². The summed E-state index contributed by atoms with van der Waals surface area (Å²) in [5, 5.41) is 12.8. The molecule has 2 heteroatoms. The normalized spacial score (nSPS) is 38.6. The Kier molecular flexibility index (Phi) is 4.86. The Balaban J connectivity index is 1.72. The standard InChI is InChI=1S/C15H26N2/c1-12-6-8-13(9-7-12)11-17-15-5-3-2-4-14(15)10-16/h12-15,17H,2-9,11H2,1H3. The van der Waals surface area contributed by atoms with Crippen LogP contribution in [0.5, 0.6) is 0 Å². The molecule has 2 nitrogen and oxygen atoms in total. The van der Waals surface area contributed by atoms with Crippen molar-refractivity contribution in [3.8, 4) is 6.07 Å². The van der Waals surface area contributed by atoms with Gasteiger partial charge in [0.05, 0.1) is 12.0 Å². The molecule has 2 atom stereocenters. The van der Waals surface area contributed by atoms with Gasteiger partial charge in [0.15, 0.2) is 0 Å². The molecular weight excluding hydrogens is 208 g/mol. The summed E-state index contributed by atoms with van der Waals surface area (Å²) >= 11 is 0. The van der Waals surface area contributed by atoms with E-state index in [0.717, 1.165) is 24.8 Å². The fourth-order valence-corrected chi connectivity index (χ4v) is 3.38. The van der Waals surface area contributed by atoms with Crippen molar-refractivity contribution in [2.24, 2.45) is 17.8 Å². The van der Waals surface area contributed by atoms with Crippen LogP contribution in [-0.4, -0.2) is 12.6 Å². The van der Waals surface area contributed by atoms with Crippen molar-refractivity contribution < 1.29 is 0 Å². The van der Waals surface area contributed by atoms with Crippen LogP contribution in [0.15, 0.2) is 0 Å². The summed E-state index contributed by atoms with van der Waals surface area (Å²) < 4.78 is 0. The lowest BCUT2D eigenvalue weighted by molar-refractivity contribution is 0.247. The molecule has 0 saturated heterocycles. The number of nitrogens with one attached hydrogen (secondary N) is 1. The molecule has 2 fully saturated rings. The summed E-state index contributed by atoms with van der Waals surface area (Å²) in [7, 11) is 0. The Morgan fingerprint density at radius 2 is 1.76 bits per heavy atom. The second-order valence-electron chi connectivity index (χ2n) is 6.16. The highest BCUT2D eigenvalue weighted by atomic mass is 14.9. The van der Waals surface area contributed by atoms with E-state index in [1.54, 1.807) is 0 Å². The Morgan fingerprint density at radius 3 is 2.47 bits per heavy atom. The van der Waals surface area contributed by atoms with Gasteiger partial charge in [-0.2, -0.15) is 5.26 Å². The van der Waals surface area contributed by atoms with E-state index in [1.165, 1.54) is 44.9 Å². The second-order valence-corrected chi connectivity index (χ2v) is 6.16. The molecule has 17 heavy (non-hydrogen) atoms. The number of rotatable bonds is 3. The van der Waals surface area contributed by atoms with Crippen molar-refractivity contribution in [2.45, 2.75) is 64.3 Å². The van der Waals surface area contributed by atoms with E-state index >= 15 is 0 Å². The average molecular weight is 234 g/mol. The molecule has 0 radical (unpaired) electrons. The molecule has 2 rings (SSSR count). The maximum atomic E-state index is 9.14. The van der Waals surface area contributed by atoms with Crippen LogP contribution in [0.2, 0.25) is 0 Å². The molecule has 0 aliphatic heterocycles. The Hall–Kier alpha value is -0.550. The average Bonchev–Trinajstić information content (AvgIpc) is 2.38. The van der Waals surface area contributed by atoms with Gasteiger partial charge in [0.2, 0.25) is 0 Å². The molecule has 1 N–H and O–H groups in total. The lowest BCUT2D eigenvalue weighted by atomic mass is 9.81. The largest absolute Gasteiger partial charge is 0.312 e. The highest BCUT2D eigenvalue weighted by molar-refractivity contribution is 4.94. The highest BCUT2D eigenvalue weighted by Gasteiger charge is 2.26. The highest BCUT2D eigenvalue weighted by Crippen LogP contribution is 2.29. The maximum Gasteiger partial charge on any atom is 0.0672 e. The van der Waals surface area contributed by atoms with E-state index < -0.39 is 0 Å². The van der Waals surface area contributed by atoms with Gasteiger partial charge < -0.3 is 5.32 Å². The summed E-state index contributed by atoms with van der Waals surface area (Å²) in [5.74, 6) is 2.08. The summed E-state index contributed by atoms with van der Waals surface area (Å²) in [6, 6.07) is 2.97. The third-order valence-corrected chi connectivity index (χ3v) is 4.74. The van der Waals surface area contributed by atoms with Crippen LogP contribution in [0.25, 0.3) is 0 Å². The SMILES string of the molecule is CC1CCC(CNC2CCCCC2C#N)CC1. The van der Waals surface area contributed by atoms with E-state index in [1.807, 2.05) is 0 Å². The topological polar surface area (TPSA) is 35.8 Å². The van der Waals surface area contributed by atoms with Gasteiger partial charge in [0, 0.05) is 6.04 Å². The first kappa shape index (κ1) is 12.9. The van der Waals surface area contributed by atoms with Crippen molar-refractivity contribution in [3.05, 3.63) is 0 Å². The molecule has 0 aromatic carbocycles.